The predicted octanol–water partition coefficient (Wildman–Crippen LogP) is 4.06. The van der Waals surface area contributed by atoms with Crippen LogP contribution in [-0.2, 0) is 0 Å². The number of anilines is 1. The quantitative estimate of drug-likeness (QED) is 0.892. The lowest BCUT2D eigenvalue weighted by molar-refractivity contribution is 0.00682. The summed E-state index contributed by atoms with van der Waals surface area (Å²) in [5, 5.41) is 3.64. The van der Waals surface area contributed by atoms with Crippen LogP contribution in [0.4, 0.5) is 6.01 Å². The molecule has 0 radical (unpaired) electrons. The summed E-state index contributed by atoms with van der Waals surface area (Å²) >= 11 is 0. The van der Waals surface area contributed by atoms with Crippen molar-refractivity contribution in [2.24, 2.45) is 23.7 Å². The molecule has 1 aromatic carbocycles. The van der Waals surface area contributed by atoms with Crippen molar-refractivity contribution in [3.8, 4) is 0 Å². The summed E-state index contributed by atoms with van der Waals surface area (Å²) < 4.78 is 5.85. The Hall–Kier alpha value is -1.51. The zero-order valence-electron chi connectivity index (χ0n) is 11.6. The molecule has 3 nitrogen and oxygen atoms in total. The van der Waals surface area contributed by atoms with Crippen LogP contribution in [0.1, 0.15) is 32.1 Å². The molecular formula is C17H20N2O. The Bertz CT molecular complexity index is 586. The molecule has 0 unspecified atom stereocenters. The molecule has 0 saturated heterocycles. The molecule has 0 aliphatic heterocycles. The first kappa shape index (κ1) is 11.2. The molecule has 1 aromatic heterocycles. The molecule has 0 atom stereocenters. The van der Waals surface area contributed by atoms with Crippen molar-refractivity contribution in [1.29, 1.82) is 0 Å². The van der Waals surface area contributed by atoms with E-state index in [0.717, 1.165) is 40.8 Å². The number of fused-ring (bicyclic) bond motifs is 1. The molecule has 0 amide bonds. The standard InChI is InChI=1S/C17H20N2O/c1-2-4-15-14(3-1)18-17(20-15)19-16-12-6-10-5-11(8-12)9-13(16)7-10/h1-4,10-13,16H,5-9H2,(H,18,19). The van der Waals surface area contributed by atoms with Crippen molar-refractivity contribution in [2.45, 2.75) is 38.1 Å². The second-order valence-corrected chi connectivity index (χ2v) is 7.09. The first-order valence-corrected chi connectivity index (χ1v) is 7.97. The number of aromatic nitrogens is 1. The molecule has 1 N–H and O–H groups in total. The Morgan fingerprint density at radius 1 is 0.950 bits per heavy atom. The zero-order chi connectivity index (χ0) is 13.1. The van der Waals surface area contributed by atoms with E-state index in [1.54, 1.807) is 0 Å². The van der Waals surface area contributed by atoms with Crippen LogP contribution in [-0.4, -0.2) is 11.0 Å². The Kier molecular flexibility index (Phi) is 2.24. The van der Waals surface area contributed by atoms with Gasteiger partial charge in [-0.3, -0.25) is 0 Å². The molecule has 1 heterocycles. The molecule has 4 aliphatic carbocycles. The van der Waals surface area contributed by atoms with Crippen LogP contribution in [0, 0.1) is 23.7 Å². The Morgan fingerprint density at radius 3 is 2.35 bits per heavy atom. The summed E-state index contributed by atoms with van der Waals surface area (Å²) in [5.41, 5.74) is 1.85. The summed E-state index contributed by atoms with van der Waals surface area (Å²) in [7, 11) is 0. The fraction of sp³-hybridized carbons (Fsp3) is 0.588. The fourth-order valence-electron chi connectivity index (χ4n) is 5.24. The minimum absolute atomic E-state index is 0.593. The smallest absolute Gasteiger partial charge is 0.295 e. The van der Waals surface area contributed by atoms with Gasteiger partial charge in [-0.15, -0.1) is 0 Å². The average molecular weight is 268 g/mol. The highest BCUT2D eigenvalue weighted by Gasteiger charge is 2.48. The van der Waals surface area contributed by atoms with Gasteiger partial charge < -0.3 is 9.73 Å². The lowest BCUT2D eigenvalue weighted by Gasteiger charge is -2.54. The van der Waals surface area contributed by atoms with Crippen LogP contribution in [0.2, 0.25) is 0 Å². The number of hydrogen-bond acceptors (Lipinski definition) is 3. The van der Waals surface area contributed by atoms with Gasteiger partial charge in [0.15, 0.2) is 5.58 Å². The van der Waals surface area contributed by atoms with Crippen molar-refractivity contribution in [1.82, 2.24) is 4.98 Å². The summed E-state index contributed by atoms with van der Waals surface area (Å²) in [5.74, 6) is 3.72. The van der Waals surface area contributed by atoms with Gasteiger partial charge in [0.2, 0.25) is 0 Å². The highest BCUT2D eigenvalue weighted by Crippen LogP contribution is 2.54. The summed E-state index contributed by atoms with van der Waals surface area (Å²) in [6.45, 7) is 0. The molecular weight excluding hydrogens is 248 g/mol. The van der Waals surface area contributed by atoms with E-state index in [2.05, 4.69) is 10.3 Å². The molecule has 3 heteroatoms. The maximum Gasteiger partial charge on any atom is 0.295 e. The van der Waals surface area contributed by atoms with Crippen LogP contribution < -0.4 is 5.32 Å². The SMILES string of the molecule is c1ccc2oc(NC3C4CC5CC(C4)CC3C5)nc2c1. The van der Waals surface area contributed by atoms with Crippen LogP contribution in [0.3, 0.4) is 0 Å². The number of nitrogens with one attached hydrogen (secondary N) is 1. The van der Waals surface area contributed by atoms with Crippen molar-refractivity contribution >= 4 is 17.1 Å². The molecule has 4 bridgehead atoms. The van der Waals surface area contributed by atoms with Gasteiger partial charge in [-0.25, -0.2) is 0 Å². The van der Waals surface area contributed by atoms with E-state index in [9.17, 15) is 0 Å². The van der Waals surface area contributed by atoms with Gasteiger partial charge in [0.25, 0.3) is 6.01 Å². The maximum atomic E-state index is 5.85. The minimum Gasteiger partial charge on any atom is -0.424 e. The highest BCUT2D eigenvalue weighted by atomic mass is 16.4. The average Bonchev–Trinajstić information content (AvgIpc) is 2.84. The van der Waals surface area contributed by atoms with Crippen molar-refractivity contribution in [3.63, 3.8) is 0 Å². The number of oxazole rings is 1. The van der Waals surface area contributed by atoms with Gasteiger partial charge in [0.05, 0.1) is 0 Å². The molecule has 6 rings (SSSR count). The largest absolute Gasteiger partial charge is 0.424 e. The molecule has 4 saturated carbocycles. The summed E-state index contributed by atoms with van der Waals surface area (Å²) in [6, 6.07) is 9.34. The lowest BCUT2D eigenvalue weighted by atomic mass is 9.54. The first-order chi connectivity index (χ1) is 9.85. The topological polar surface area (TPSA) is 38.1 Å². The van der Waals surface area contributed by atoms with E-state index in [1.807, 2.05) is 24.3 Å². The Labute approximate surface area is 118 Å². The Balaban J connectivity index is 1.43. The van der Waals surface area contributed by atoms with Crippen LogP contribution in [0.5, 0.6) is 0 Å². The van der Waals surface area contributed by atoms with E-state index in [-0.39, 0.29) is 0 Å². The molecule has 2 aromatic rings. The van der Waals surface area contributed by atoms with Gasteiger partial charge in [-0.2, -0.15) is 4.98 Å². The molecule has 4 fully saturated rings. The number of para-hydroxylation sites is 2. The first-order valence-electron chi connectivity index (χ1n) is 7.97. The third-order valence-electron chi connectivity index (χ3n) is 5.81. The fourth-order valence-corrected chi connectivity index (χ4v) is 5.24. The molecule has 4 aliphatic rings. The van der Waals surface area contributed by atoms with Gasteiger partial charge in [-0.05, 0) is 67.9 Å². The number of benzene rings is 1. The summed E-state index contributed by atoms with van der Waals surface area (Å²) in [6.07, 6.45) is 7.19. The number of nitrogens with zero attached hydrogens (tertiary/aromatic N) is 1. The normalized spacial score (nSPS) is 38.5. The third kappa shape index (κ3) is 1.62. The molecule has 104 valence electrons. The van der Waals surface area contributed by atoms with E-state index in [1.165, 1.54) is 32.1 Å². The van der Waals surface area contributed by atoms with Gasteiger partial charge in [0.1, 0.15) is 5.52 Å². The minimum atomic E-state index is 0.593. The molecule has 0 spiro atoms. The van der Waals surface area contributed by atoms with Gasteiger partial charge in [0, 0.05) is 6.04 Å². The molecule has 20 heavy (non-hydrogen) atoms. The second kappa shape index (κ2) is 4.00. The van der Waals surface area contributed by atoms with Crippen molar-refractivity contribution in [3.05, 3.63) is 24.3 Å². The number of hydrogen-bond donors (Lipinski definition) is 1. The highest BCUT2D eigenvalue weighted by molar-refractivity contribution is 5.74. The van der Waals surface area contributed by atoms with Gasteiger partial charge >= 0.3 is 0 Å². The maximum absolute atomic E-state index is 5.85. The van der Waals surface area contributed by atoms with E-state index in [0.29, 0.717) is 6.04 Å². The van der Waals surface area contributed by atoms with Gasteiger partial charge in [-0.1, -0.05) is 12.1 Å². The monoisotopic (exact) mass is 268 g/mol. The van der Waals surface area contributed by atoms with Crippen LogP contribution in [0.15, 0.2) is 28.7 Å². The zero-order valence-corrected chi connectivity index (χ0v) is 11.6. The lowest BCUT2D eigenvalue weighted by Crippen LogP contribution is -2.51. The predicted molar refractivity (Wildman–Crippen MR) is 78.5 cm³/mol. The van der Waals surface area contributed by atoms with Crippen LogP contribution in [0.25, 0.3) is 11.1 Å². The van der Waals surface area contributed by atoms with E-state index < -0.39 is 0 Å². The van der Waals surface area contributed by atoms with E-state index in [4.69, 9.17) is 4.42 Å². The van der Waals surface area contributed by atoms with Crippen molar-refractivity contribution < 1.29 is 4.42 Å². The Morgan fingerprint density at radius 2 is 1.65 bits per heavy atom. The van der Waals surface area contributed by atoms with Crippen molar-refractivity contribution in [2.75, 3.05) is 5.32 Å². The summed E-state index contributed by atoms with van der Waals surface area (Å²) in [4.78, 5) is 4.59. The second-order valence-electron chi connectivity index (χ2n) is 7.09. The van der Waals surface area contributed by atoms with E-state index >= 15 is 0 Å². The third-order valence-corrected chi connectivity index (χ3v) is 5.81. The van der Waals surface area contributed by atoms with Crippen LogP contribution >= 0.6 is 0 Å². The number of rotatable bonds is 2.